The number of aryl methyl sites for hydroxylation is 2. The van der Waals surface area contributed by atoms with Crippen LogP contribution < -0.4 is 10.1 Å². The van der Waals surface area contributed by atoms with Crippen LogP contribution in [0.5, 0.6) is 11.5 Å². The van der Waals surface area contributed by atoms with Crippen LogP contribution in [0.25, 0.3) is 0 Å². The Morgan fingerprint density at radius 2 is 1.71 bits per heavy atom. The van der Waals surface area contributed by atoms with E-state index in [1.165, 1.54) is 22.9 Å². The van der Waals surface area contributed by atoms with Gasteiger partial charge in [0.1, 0.15) is 17.2 Å². The van der Waals surface area contributed by atoms with Crippen LogP contribution in [-0.4, -0.2) is 15.7 Å². The summed E-state index contributed by atoms with van der Waals surface area (Å²) in [5.41, 5.74) is 1.62. The van der Waals surface area contributed by atoms with E-state index in [0.717, 1.165) is 23.4 Å². The first-order valence-corrected chi connectivity index (χ1v) is 8.42. The summed E-state index contributed by atoms with van der Waals surface area (Å²) in [5, 5.41) is 6.97. The quantitative estimate of drug-likeness (QED) is 0.675. The number of hydrogen-bond acceptors (Lipinski definition) is 3. The van der Waals surface area contributed by atoms with E-state index in [1.807, 2.05) is 13.8 Å². The number of anilines is 1. The minimum absolute atomic E-state index is 0.0522. The summed E-state index contributed by atoms with van der Waals surface area (Å²) < 4.78 is 45.5. The normalized spacial score (nSPS) is 11.4. The molecule has 0 saturated carbocycles. The number of amides is 1. The molecule has 3 aromatic rings. The number of alkyl halides is 3. The van der Waals surface area contributed by atoms with Crippen molar-refractivity contribution in [3.63, 3.8) is 0 Å². The molecule has 146 valence electrons. The number of nitrogens with one attached hydrogen (secondary N) is 1. The van der Waals surface area contributed by atoms with E-state index in [1.54, 1.807) is 25.2 Å². The molecule has 2 aromatic carbocycles. The highest BCUT2D eigenvalue weighted by molar-refractivity contribution is 6.04. The zero-order valence-corrected chi connectivity index (χ0v) is 15.5. The van der Waals surface area contributed by atoms with Crippen LogP contribution in [0.1, 0.15) is 27.3 Å². The Morgan fingerprint density at radius 1 is 1.07 bits per heavy atom. The summed E-state index contributed by atoms with van der Waals surface area (Å²) in [7, 11) is 1.68. The number of hydrogen-bond donors (Lipinski definition) is 1. The lowest BCUT2D eigenvalue weighted by Crippen LogP contribution is -2.17. The van der Waals surface area contributed by atoms with Gasteiger partial charge < -0.3 is 10.1 Å². The third-order valence-electron chi connectivity index (χ3n) is 4.23. The van der Waals surface area contributed by atoms with Gasteiger partial charge in [0.15, 0.2) is 0 Å². The molecule has 0 spiro atoms. The predicted molar refractivity (Wildman–Crippen MR) is 98.6 cm³/mol. The van der Waals surface area contributed by atoms with Crippen molar-refractivity contribution in [2.45, 2.75) is 20.0 Å². The number of halogens is 3. The van der Waals surface area contributed by atoms with Crippen LogP contribution in [0.15, 0.2) is 48.5 Å². The first kappa shape index (κ1) is 19.5. The van der Waals surface area contributed by atoms with Gasteiger partial charge in [0.05, 0.1) is 11.3 Å². The van der Waals surface area contributed by atoms with Crippen molar-refractivity contribution >= 4 is 11.6 Å². The molecule has 3 rings (SSSR count). The second kappa shape index (κ2) is 7.38. The summed E-state index contributed by atoms with van der Waals surface area (Å²) in [4.78, 5) is 12.6. The molecule has 0 aliphatic carbocycles. The fraction of sp³-hybridized carbons (Fsp3) is 0.200. The number of rotatable bonds is 4. The number of carbonyl (C=O) groups is 1. The van der Waals surface area contributed by atoms with Gasteiger partial charge in [-0.25, -0.2) is 0 Å². The standard InChI is InChI=1S/C20H18F3N3O2/c1-12-13(2)25-26(3)18(12)19(27)24-15-7-5-9-17(11-15)28-16-8-4-6-14(10-16)20(21,22)23/h4-11H,1-3H3,(H,24,27). The summed E-state index contributed by atoms with van der Waals surface area (Å²) in [6, 6.07) is 11.0. The zero-order valence-electron chi connectivity index (χ0n) is 15.5. The maximum atomic E-state index is 12.8. The molecular weight excluding hydrogens is 371 g/mol. The van der Waals surface area contributed by atoms with Gasteiger partial charge in [-0.2, -0.15) is 18.3 Å². The number of ether oxygens (including phenoxy) is 1. The number of benzene rings is 2. The average Bonchev–Trinajstić information content (AvgIpc) is 2.87. The lowest BCUT2D eigenvalue weighted by atomic mass is 10.2. The van der Waals surface area contributed by atoms with Gasteiger partial charge in [-0.1, -0.05) is 12.1 Å². The smallest absolute Gasteiger partial charge is 0.416 e. The van der Waals surface area contributed by atoms with Crippen molar-refractivity contribution in [3.8, 4) is 11.5 Å². The first-order chi connectivity index (χ1) is 13.1. The molecule has 0 atom stereocenters. The fourth-order valence-electron chi connectivity index (χ4n) is 2.78. The number of nitrogens with zero attached hydrogens (tertiary/aromatic N) is 2. The topological polar surface area (TPSA) is 56.2 Å². The van der Waals surface area contributed by atoms with Crippen LogP contribution in [0, 0.1) is 13.8 Å². The molecule has 0 bridgehead atoms. The Bertz CT molecular complexity index is 1030. The highest BCUT2D eigenvalue weighted by Gasteiger charge is 2.30. The second-order valence-corrected chi connectivity index (χ2v) is 6.29. The SMILES string of the molecule is Cc1nn(C)c(C(=O)Nc2cccc(Oc3cccc(C(F)(F)F)c3)c2)c1C. The lowest BCUT2D eigenvalue weighted by molar-refractivity contribution is -0.137. The summed E-state index contributed by atoms with van der Waals surface area (Å²) >= 11 is 0. The van der Waals surface area contributed by atoms with Gasteiger partial charge in [0, 0.05) is 24.4 Å². The van der Waals surface area contributed by atoms with Crippen LogP contribution in [0.3, 0.4) is 0 Å². The van der Waals surface area contributed by atoms with Crippen molar-refractivity contribution in [3.05, 3.63) is 71.0 Å². The highest BCUT2D eigenvalue weighted by atomic mass is 19.4. The Kier molecular flexibility index (Phi) is 5.13. The monoisotopic (exact) mass is 389 g/mol. The lowest BCUT2D eigenvalue weighted by Gasteiger charge is -2.11. The molecule has 1 amide bonds. The second-order valence-electron chi connectivity index (χ2n) is 6.29. The van der Waals surface area contributed by atoms with Gasteiger partial charge in [-0.3, -0.25) is 9.48 Å². The van der Waals surface area contributed by atoms with E-state index in [4.69, 9.17) is 4.74 Å². The molecule has 0 aliphatic rings. The molecule has 0 aliphatic heterocycles. The molecule has 1 aromatic heterocycles. The van der Waals surface area contributed by atoms with Crippen LogP contribution in [-0.2, 0) is 13.2 Å². The van der Waals surface area contributed by atoms with Gasteiger partial charge in [-0.15, -0.1) is 0 Å². The molecule has 8 heteroatoms. The largest absolute Gasteiger partial charge is 0.457 e. The van der Waals surface area contributed by atoms with Gasteiger partial charge in [0.2, 0.25) is 0 Å². The van der Waals surface area contributed by atoms with E-state index < -0.39 is 11.7 Å². The van der Waals surface area contributed by atoms with Gasteiger partial charge in [-0.05, 0) is 44.2 Å². The van der Waals surface area contributed by atoms with Gasteiger partial charge >= 0.3 is 6.18 Å². The molecule has 28 heavy (non-hydrogen) atoms. The average molecular weight is 389 g/mol. The van der Waals surface area contributed by atoms with Crippen molar-refractivity contribution in [1.29, 1.82) is 0 Å². The molecule has 1 heterocycles. The molecule has 5 nitrogen and oxygen atoms in total. The van der Waals surface area contributed by atoms with E-state index in [9.17, 15) is 18.0 Å². The maximum Gasteiger partial charge on any atom is 0.416 e. The van der Waals surface area contributed by atoms with Crippen LogP contribution in [0.4, 0.5) is 18.9 Å². The van der Waals surface area contributed by atoms with Crippen molar-refractivity contribution in [2.24, 2.45) is 7.05 Å². The molecule has 0 fully saturated rings. The Labute approximate surface area is 159 Å². The molecule has 1 N–H and O–H groups in total. The minimum Gasteiger partial charge on any atom is -0.457 e. The zero-order chi connectivity index (χ0) is 20.5. The molecule has 0 unspecified atom stereocenters. The number of carbonyl (C=O) groups excluding carboxylic acids is 1. The third-order valence-corrected chi connectivity index (χ3v) is 4.23. The number of aromatic nitrogens is 2. The first-order valence-electron chi connectivity index (χ1n) is 8.42. The Morgan fingerprint density at radius 3 is 2.32 bits per heavy atom. The summed E-state index contributed by atoms with van der Waals surface area (Å²) in [5.74, 6) is 0.0169. The molecule has 0 radical (unpaired) electrons. The van der Waals surface area contributed by atoms with E-state index >= 15 is 0 Å². The fourth-order valence-corrected chi connectivity index (χ4v) is 2.78. The van der Waals surface area contributed by atoms with Crippen molar-refractivity contribution in [1.82, 2.24) is 9.78 Å². The molecular formula is C20H18F3N3O2. The van der Waals surface area contributed by atoms with Crippen molar-refractivity contribution < 1.29 is 22.7 Å². The predicted octanol–water partition coefficient (Wildman–Crippen LogP) is 5.10. The van der Waals surface area contributed by atoms with Crippen LogP contribution >= 0.6 is 0 Å². The van der Waals surface area contributed by atoms with E-state index in [2.05, 4.69) is 10.4 Å². The molecule has 0 saturated heterocycles. The maximum absolute atomic E-state index is 12.8. The Hall–Kier alpha value is -3.29. The highest BCUT2D eigenvalue weighted by Crippen LogP contribution is 2.33. The Balaban J connectivity index is 1.79. The minimum atomic E-state index is -4.45. The van der Waals surface area contributed by atoms with E-state index in [-0.39, 0.29) is 11.7 Å². The van der Waals surface area contributed by atoms with Crippen LogP contribution in [0.2, 0.25) is 0 Å². The van der Waals surface area contributed by atoms with E-state index in [0.29, 0.717) is 17.1 Å². The third kappa shape index (κ3) is 4.16. The summed E-state index contributed by atoms with van der Waals surface area (Å²) in [6.07, 6.45) is -4.45. The van der Waals surface area contributed by atoms with Gasteiger partial charge in [0.25, 0.3) is 5.91 Å². The van der Waals surface area contributed by atoms with Crippen molar-refractivity contribution in [2.75, 3.05) is 5.32 Å². The summed E-state index contributed by atoms with van der Waals surface area (Å²) in [6.45, 7) is 3.63.